The first-order chi connectivity index (χ1) is 9.22. The number of anilines is 1. The van der Waals surface area contributed by atoms with Crippen LogP contribution in [0.3, 0.4) is 0 Å². The van der Waals surface area contributed by atoms with Crippen molar-refractivity contribution >= 4 is 11.7 Å². The van der Waals surface area contributed by atoms with Gasteiger partial charge in [-0.25, -0.2) is 10.8 Å². The van der Waals surface area contributed by atoms with Crippen LogP contribution in [0.2, 0.25) is 0 Å². The summed E-state index contributed by atoms with van der Waals surface area (Å²) in [6, 6.07) is 3.57. The molecule has 0 aliphatic carbocycles. The summed E-state index contributed by atoms with van der Waals surface area (Å²) in [7, 11) is 0. The predicted molar refractivity (Wildman–Crippen MR) is 74.6 cm³/mol. The van der Waals surface area contributed by atoms with Crippen LogP contribution in [-0.4, -0.2) is 41.5 Å². The van der Waals surface area contributed by atoms with E-state index in [4.69, 9.17) is 5.84 Å². The third-order valence-corrected chi connectivity index (χ3v) is 3.46. The molecule has 0 radical (unpaired) electrons. The van der Waals surface area contributed by atoms with E-state index < -0.39 is 0 Å². The number of likely N-dealkylation sites (N-methyl/N-ethyl adjacent to an activating group) is 1. The Balaban J connectivity index is 1.96. The van der Waals surface area contributed by atoms with Gasteiger partial charge < -0.3 is 15.6 Å². The normalized spacial score (nSPS) is 20.0. The van der Waals surface area contributed by atoms with Crippen LogP contribution < -0.4 is 16.6 Å². The highest BCUT2D eigenvalue weighted by molar-refractivity contribution is 5.95. The smallest absolute Gasteiger partial charge is 0.251 e. The number of piperidine rings is 1. The summed E-state index contributed by atoms with van der Waals surface area (Å²) in [6.45, 7) is 5.23. The molecule has 6 heteroatoms. The Labute approximate surface area is 113 Å². The molecular formula is C13H21N5O. The van der Waals surface area contributed by atoms with Crippen molar-refractivity contribution < 1.29 is 4.79 Å². The molecule has 1 aromatic heterocycles. The first-order valence-corrected chi connectivity index (χ1v) is 6.68. The number of nitrogens with zero attached hydrogens (tertiary/aromatic N) is 2. The van der Waals surface area contributed by atoms with Crippen LogP contribution in [0.1, 0.15) is 30.1 Å². The zero-order valence-corrected chi connectivity index (χ0v) is 11.2. The average Bonchev–Trinajstić information content (AvgIpc) is 2.47. The molecule has 0 spiro atoms. The van der Waals surface area contributed by atoms with E-state index in [1.54, 1.807) is 18.3 Å². The van der Waals surface area contributed by atoms with E-state index in [-0.39, 0.29) is 11.9 Å². The minimum Gasteiger partial charge on any atom is -0.348 e. The molecule has 1 aromatic rings. The minimum atomic E-state index is -0.0677. The lowest BCUT2D eigenvalue weighted by Gasteiger charge is -2.32. The van der Waals surface area contributed by atoms with Crippen LogP contribution >= 0.6 is 0 Å². The number of carbonyl (C=O) groups is 1. The molecule has 4 N–H and O–H groups in total. The number of nitrogen functional groups attached to an aromatic ring is 1. The molecular weight excluding hydrogens is 242 g/mol. The summed E-state index contributed by atoms with van der Waals surface area (Å²) < 4.78 is 0. The topological polar surface area (TPSA) is 83.3 Å². The van der Waals surface area contributed by atoms with Gasteiger partial charge in [0, 0.05) is 24.3 Å². The number of pyridine rings is 1. The maximum Gasteiger partial charge on any atom is 0.251 e. The number of nitrogens with one attached hydrogen (secondary N) is 2. The van der Waals surface area contributed by atoms with E-state index in [2.05, 4.69) is 27.6 Å². The van der Waals surface area contributed by atoms with Crippen LogP contribution in [0.25, 0.3) is 0 Å². The largest absolute Gasteiger partial charge is 0.348 e. The summed E-state index contributed by atoms with van der Waals surface area (Å²) in [4.78, 5) is 18.5. The number of hydrogen-bond donors (Lipinski definition) is 3. The minimum absolute atomic E-state index is 0.0677. The van der Waals surface area contributed by atoms with Crippen LogP contribution in [0.15, 0.2) is 18.3 Å². The highest BCUT2D eigenvalue weighted by Gasteiger charge is 2.20. The molecule has 1 aliphatic rings. The number of aromatic nitrogens is 1. The molecule has 1 atom stereocenters. The summed E-state index contributed by atoms with van der Waals surface area (Å²) in [5.74, 6) is 5.71. The quantitative estimate of drug-likeness (QED) is 0.547. The van der Waals surface area contributed by atoms with Crippen molar-refractivity contribution in [2.75, 3.05) is 25.1 Å². The second kappa shape index (κ2) is 6.49. The Morgan fingerprint density at radius 1 is 1.63 bits per heavy atom. The zero-order valence-electron chi connectivity index (χ0n) is 11.2. The van der Waals surface area contributed by atoms with E-state index in [9.17, 15) is 4.79 Å². The van der Waals surface area contributed by atoms with E-state index in [1.807, 2.05) is 0 Å². The first kappa shape index (κ1) is 13.8. The summed E-state index contributed by atoms with van der Waals surface area (Å²) in [5.41, 5.74) is 3.02. The van der Waals surface area contributed by atoms with Gasteiger partial charge in [0.1, 0.15) is 5.82 Å². The van der Waals surface area contributed by atoms with Gasteiger partial charge in [0.05, 0.1) is 0 Å². The van der Waals surface area contributed by atoms with Gasteiger partial charge >= 0.3 is 0 Å². The second-order valence-electron chi connectivity index (χ2n) is 4.78. The number of carbonyl (C=O) groups excluding carboxylic acids is 1. The molecule has 1 fully saturated rings. The SMILES string of the molecule is CCN1CCCC(NC(=O)c2ccnc(NN)c2)C1. The fourth-order valence-electron chi connectivity index (χ4n) is 2.38. The number of hydrazine groups is 1. The molecule has 0 bridgehead atoms. The molecule has 6 nitrogen and oxygen atoms in total. The number of amides is 1. The van der Waals surface area contributed by atoms with Crippen LogP contribution in [-0.2, 0) is 0 Å². The van der Waals surface area contributed by atoms with E-state index in [1.165, 1.54) is 0 Å². The fraction of sp³-hybridized carbons (Fsp3) is 0.538. The molecule has 2 heterocycles. The second-order valence-corrected chi connectivity index (χ2v) is 4.78. The van der Waals surface area contributed by atoms with Crippen LogP contribution in [0, 0.1) is 0 Å². The van der Waals surface area contributed by atoms with Crippen molar-refractivity contribution in [2.45, 2.75) is 25.8 Å². The standard InChI is InChI=1S/C13H21N5O/c1-2-18-7-3-4-11(9-18)16-13(19)10-5-6-15-12(8-10)17-14/h5-6,8,11H,2-4,7,9,14H2,1H3,(H,15,17)(H,16,19). The molecule has 0 aromatic carbocycles. The molecule has 1 saturated heterocycles. The van der Waals surface area contributed by atoms with Crippen molar-refractivity contribution in [3.05, 3.63) is 23.9 Å². The van der Waals surface area contributed by atoms with Gasteiger partial charge in [-0.05, 0) is 38.1 Å². The number of rotatable bonds is 4. The molecule has 0 saturated carbocycles. The molecule has 104 valence electrons. The van der Waals surface area contributed by atoms with E-state index in [0.29, 0.717) is 11.4 Å². The monoisotopic (exact) mass is 263 g/mol. The Morgan fingerprint density at radius 2 is 2.47 bits per heavy atom. The van der Waals surface area contributed by atoms with Gasteiger partial charge in [0.2, 0.25) is 0 Å². The van der Waals surface area contributed by atoms with Crippen molar-refractivity contribution in [1.82, 2.24) is 15.2 Å². The lowest BCUT2D eigenvalue weighted by Crippen LogP contribution is -2.47. The number of likely N-dealkylation sites (tertiary alicyclic amines) is 1. The molecule has 2 rings (SSSR count). The van der Waals surface area contributed by atoms with Gasteiger partial charge in [-0.3, -0.25) is 4.79 Å². The average molecular weight is 263 g/mol. The number of nitrogens with two attached hydrogens (primary N) is 1. The van der Waals surface area contributed by atoms with Crippen molar-refractivity contribution in [3.8, 4) is 0 Å². The Kier molecular flexibility index (Phi) is 4.70. The highest BCUT2D eigenvalue weighted by atomic mass is 16.1. The van der Waals surface area contributed by atoms with Crippen molar-refractivity contribution in [3.63, 3.8) is 0 Å². The third-order valence-electron chi connectivity index (χ3n) is 3.46. The number of hydrogen-bond acceptors (Lipinski definition) is 5. The van der Waals surface area contributed by atoms with Gasteiger partial charge in [-0.2, -0.15) is 0 Å². The zero-order chi connectivity index (χ0) is 13.7. The van der Waals surface area contributed by atoms with Gasteiger partial charge in [-0.15, -0.1) is 0 Å². The highest BCUT2D eigenvalue weighted by Crippen LogP contribution is 2.11. The Bertz CT molecular complexity index is 437. The molecule has 1 amide bonds. The summed E-state index contributed by atoms with van der Waals surface area (Å²) in [5, 5.41) is 3.07. The maximum absolute atomic E-state index is 12.2. The first-order valence-electron chi connectivity index (χ1n) is 6.68. The Hall–Kier alpha value is -1.66. The van der Waals surface area contributed by atoms with E-state index >= 15 is 0 Å². The lowest BCUT2D eigenvalue weighted by atomic mass is 10.1. The van der Waals surface area contributed by atoms with Crippen LogP contribution in [0.5, 0.6) is 0 Å². The molecule has 1 aliphatic heterocycles. The van der Waals surface area contributed by atoms with Gasteiger partial charge in [-0.1, -0.05) is 6.92 Å². The third kappa shape index (κ3) is 3.65. The Morgan fingerprint density at radius 3 is 3.21 bits per heavy atom. The molecule has 1 unspecified atom stereocenters. The summed E-state index contributed by atoms with van der Waals surface area (Å²) in [6.07, 6.45) is 3.74. The van der Waals surface area contributed by atoms with Crippen LogP contribution in [0.4, 0.5) is 5.82 Å². The van der Waals surface area contributed by atoms with Gasteiger partial charge in [0.25, 0.3) is 5.91 Å². The van der Waals surface area contributed by atoms with Gasteiger partial charge in [0.15, 0.2) is 0 Å². The lowest BCUT2D eigenvalue weighted by molar-refractivity contribution is 0.0906. The van der Waals surface area contributed by atoms with Crippen molar-refractivity contribution in [1.29, 1.82) is 0 Å². The maximum atomic E-state index is 12.2. The molecule has 19 heavy (non-hydrogen) atoms. The predicted octanol–water partition coefficient (Wildman–Crippen LogP) is 0.581. The van der Waals surface area contributed by atoms with Crippen molar-refractivity contribution in [2.24, 2.45) is 5.84 Å². The summed E-state index contributed by atoms with van der Waals surface area (Å²) >= 11 is 0. The van der Waals surface area contributed by atoms with E-state index in [0.717, 1.165) is 32.5 Å². The fourth-order valence-corrected chi connectivity index (χ4v) is 2.38.